The molecule has 0 atom stereocenters. The minimum Gasteiger partial charge on any atom is -0.389 e. The van der Waals surface area contributed by atoms with Crippen molar-refractivity contribution in [3.8, 4) is 5.13 Å². The Bertz CT molecular complexity index is 422. The molecule has 0 saturated carbocycles. The number of imidazole rings is 1. The molecule has 0 radical (unpaired) electrons. The van der Waals surface area contributed by atoms with E-state index in [1.54, 1.807) is 6.20 Å². The van der Waals surface area contributed by atoms with Gasteiger partial charge in [0, 0.05) is 18.8 Å². The molecule has 0 spiro atoms. The van der Waals surface area contributed by atoms with Gasteiger partial charge in [-0.3, -0.25) is 4.57 Å². The third-order valence-corrected chi connectivity index (χ3v) is 2.74. The van der Waals surface area contributed by atoms with Crippen LogP contribution < -0.4 is 0 Å². The summed E-state index contributed by atoms with van der Waals surface area (Å²) in [5.74, 6) is 0.950. The lowest BCUT2D eigenvalue weighted by Gasteiger charge is -1.98. The predicted molar refractivity (Wildman–Crippen MR) is 52.3 cm³/mol. The molecule has 2 aromatic heterocycles. The van der Waals surface area contributed by atoms with Crippen molar-refractivity contribution in [1.29, 1.82) is 0 Å². The quantitative estimate of drug-likeness (QED) is 0.813. The van der Waals surface area contributed by atoms with Crippen LogP contribution in [0.3, 0.4) is 0 Å². The van der Waals surface area contributed by atoms with E-state index in [-0.39, 0.29) is 6.61 Å². The van der Waals surface area contributed by atoms with Gasteiger partial charge in [0.1, 0.15) is 10.8 Å². The van der Waals surface area contributed by atoms with Crippen LogP contribution in [-0.2, 0) is 13.0 Å². The molecule has 2 rings (SSSR count). The number of nitrogens with zero attached hydrogens (tertiary/aromatic N) is 4. The Labute approximate surface area is 85.1 Å². The molecule has 74 valence electrons. The molecule has 0 fully saturated rings. The Hall–Kier alpha value is -1.27. The Balaban J connectivity index is 2.38. The predicted octanol–water partition coefficient (Wildman–Crippen LogP) is 0.778. The van der Waals surface area contributed by atoms with E-state index in [9.17, 15) is 0 Å². The van der Waals surface area contributed by atoms with E-state index in [2.05, 4.69) is 15.2 Å². The highest BCUT2D eigenvalue weighted by atomic mass is 32.1. The van der Waals surface area contributed by atoms with E-state index in [0.717, 1.165) is 17.4 Å². The van der Waals surface area contributed by atoms with Crippen molar-refractivity contribution >= 4 is 11.3 Å². The van der Waals surface area contributed by atoms with Gasteiger partial charge in [-0.1, -0.05) is 18.3 Å². The van der Waals surface area contributed by atoms with Crippen LogP contribution in [-0.4, -0.2) is 24.9 Å². The number of hydrogen-bond acceptors (Lipinski definition) is 5. The Morgan fingerprint density at radius 3 is 3.00 bits per heavy atom. The van der Waals surface area contributed by atoms with Gasteiger partial charge in [0.2, 0.25) is 5.13 Å². The maximum atomic E-state index is 8.86. The number of aromatic nitrogens is 4. The molecule has 0 bridgehead atoms. The normalized spacial score (nSPS) is 10.7. The highest BCUT2D eigenvalue weighted by molar-refractivity contribution is 7.13. The van der Waals surface area contributed by atoms with Crippen molar-refractivity contribution in [2.24, 2.45) is 0 Å². The summed E-state index contributed by atoms with van der Waals surface area (Å²) >= 11 is 1.37. The monoisotopic (exact) mass is 210 g/mol. The average Bonchev–Trinajstić information content (AvgIpc) is 2.85. The summed E-state index contributed by atoms with van der Waals surface area (Å²) in [5.41, 5.74) is 0. The molecular weight excluding hydrogens is 200 g/mol. The molecule has 0 amide bonds. The Kier molecular flexibility index (Phi) is 2.55. The smallest absolute Gasteiger partial charge is 0.217 e. The van der Waals surface area contributed by atoms with Crippen molar-refractivity contribution < 1.29 is 5.11 Å². The second-order valence-corrected chi connectivity index (χ2v) is 3.74. The summed E-state index contributed by atoms with van der Waals surface area (Å²) in [7, 11) is 0. The number of hydrogen-bond donors (Lipinski definition) is 1. The summed E-state index contributed by atoms with van der Waals surface area (Å²) in [6.45, 7) is 1.97. The largest absolute Gasteiger partial charge is 0.389 e. The number of aliphatic hydroxyl groups excluding tert-OH is 1. The SMILES string of the molecule is CCc1nccn1-c1nnc(CO)s1. The third-order valence-electron chi connectivity index (χ3n) is 1.83. The van der Waals surface area contributed by atoms with Gasteiger partial charge < -0.3 is 5.11 Å². The van der Waals surface area contributed by atoms with Gasteiger partial charge in [-0.2, -0.15) is 0 Å². The Morgan fingerprint density at radius 2 is 2.36 bits per heavy atom. The van der Waals surface area contributed by atoms with E-state index in [1.807, 2.05) is 17.7 Å². The number of aliphatic hydroxyl groups is 1. The molecule has 0 unspecified atom stereocenters. The van der Waals surface area contributed by atoms with E-state index < -0.39 is 0 Å². The number of rotatable bonds is 3. The molecular formula is C8H10N4OS. The molecule has 1 N–H and O–H groups in total. The van der Waals surface area contributed by atoms with E-state index in [4.69, 9.17) is 5.11 Å². The van der Waals surface area contributed by atoms with Crippen molar-refractivity contribution in [3.63, 3.8) is 0 Å². The first-order valence-electron chi connectivity index (χ1n) is 4.31. The molecule has 0 aliphatic heterocycles. The van der Waals surface area contributed by atoms with Gasteiger partial charge in [0.15, 0.2) is 0 Å². The first-order chi connectivity index (χ1) is 6.85. The average molecular weight is 210 g/mol. The molecule has 5 nitrogen and oxygen atoms in total. The van der Waals surface area contributed by atoms with Crippen molar-refractivity contribution in [2.45, 2.75) is 20.0 Å². The van der Waals surface area contributed by atoms with Crippen LogP contribution in [0.2, 0.25) is 0 Å². The summed E-state index contributed by atoms with van der Waals surface area (Å²) in [4.78, 5) is 4.19. The van der Waals surface area contributed by atoms with Crippen LogP contribution >= 0.6 is 11.3 Å². The third kappa shape index (κ3) is 1.53. The van der Waals surface area contributed by atoms with Gasteiger partial charge in [0.05, 0.1) is 6.61 Å². The second-order valence-electron chi connectivity index (χ2n) is 2.70. The minimum absolute atomic E-state index is 0.0617. The standard InChI is InChI=1S/C8H10N4OS/c1-2-6-9-3-4-12(6)8-11-10-7(5-13)14-8/h3-4,13H,2,5H2,1H3. The molecule has 6 heteroatoms. The molecule has 0 aliphatic carbocycles. The second kappa shape index (κ2) is 3.85. The summed E-state index contributed by atoms with van der Waals surface area (Å²) < 4.78 is 1.89. The lowest BCUT2D eigenvalue weighted by Crippen LogP contribution is -1.97. The highest BCUT2D eigenvalue weighted by Gasteiger charge is 2.08. The lowest BCUT2D eigenvalue weighted by atomic mass is 10.5. The summed E-state index contributed by atoms with van der Waals surface area (Å²) in [6.07, 6.45) is 4.43. The van der Waals surface area contributed by atoms with Crippen LogP contribution in [0, 0.1) is 0 Å². The Morgan fingerprint density at radius 1 is 1.50 bits per heavy atom. The van der Waals surface area contributed by atoms with Crippen LogP contribution in [0.1, 0.15) is 17.8 Å². The van der Waals surface area contributed by atoms with Crippen LogP contribution in [0.5, 0.6) is 0 Å². The topological polar surface area (TPSA) is 63.8 Å². The fourth-order valence-electron chi connectivity index (χ4n) is 1.18. The minimum atomic E-state index is -0.0617. The van der Waals surface area contributed by atoms with E-state index in [1.165, 1.54) is 11.3 Å². The van der Waals surface area contributed by atoms with E-state index in [0.29, 0.717) is 5.01 Å². The highest BCUT2D eigenvalue weighted by Crippen LogP contribution is 2.16. The van der Waals surface area contributed by atoms with Crippen molar-refractivity contribution in [1.82, 2.24) is 19.7 Å². The summed E-state index contributed by atoms with van der Waals surface area (Å²) in [5, 5.41) is 18.0. The molecule has 2 aromatic rings. The van der Waals surface area contributed by atoms with Crippen molar-refractivity contribution in [3.05, 3.63) is 23.2 Å². The zero-order valence-electron chi connectivity index (χ0n) is 7.71. The molecule has 0 aliphatic rings. The van der Waals surface area contributed by atoms with Crippen LogP contribution in [0.4, 0.5) is 0 Å². The zero-order valence-corrected chi connectivity index (χ0v) is 8.53. The number of aryl methyl sites for hydroxylation is 1. The van der Waals surface area contributed by atoms with Gasteiger partial charge in [-0.15, -0.1) is 10.2 Å². The maximum Gasteiger partial charge on any atom is 0.217 e. The van der Waals surface area contributed by atoms with Crippen molar-refractivity contribution in [2.75, 3.05) is 0 Å². The van der Waals surface area contributed by atoms with E-state index >= 15 is 0 Å². The molecule has 0 aromatic carbocycles. The van der Waals surface area contributed by atoms with Gasteiger partial charge in [0.25, 0.3) is 0 Å². The van der Waals surface area contributed by atoms with Crippen LogP contribution in [0.25, 0.3) is 5.13 Å². The maximum absolute atomic E-state index is 8.86. The molecule has 14 heavy (non-hydrogen) atoms. The van der Waals surface area contributed by atoms with Crippen LogP contribution in [0.15, 0.2) is 12.4 Å². The van der Waals surface area contributed by atoms with Gasteiger partial charge in [-0.05, 0) is 0 Å². The fourth-order valence-corrected chi connectivity index (χ4v) is 1.88. The molecule has 0 saturated heterocycles. The fraction of sp³-hybridized carbons (Fsp3) is 0.375. The first kappa shape index (κ1) is 9.29. The molecule has 2 heterocycles. The first-order valence-corrected chi connectivity index (χ1v) is 5.12. The van der Waals surface area contributed by atoms with Gasteiger partial charge >= 0.3 is 0 Å². The van der Waals surface area contributed by atoms with Gasteiger partial charge in [-0.25, -0.2) is 4.98 Å². The lowest BCUT2D eigenvalue weighted by molar-refractivity contribution is 0.280. The summed E-state index contributed by atoms with van der Waals surface area (Å²) in [6, 6.07) is 0. The zero-order chi connectivity index (χ0) is 9.97.